The lowest BCUT2D eigenvalue weighted by molar-refractivity contribution is -0.139. The molecular weight excluding hydrogens is 245 g/mol. The summed E-state index contributed by atoms with van der Waals surface area (Å²) in [6.45, 7) is 3.75. The third-order valence-electron chi connectivity index (χ3n) is 2.65. The van der Waals surface area contributed by atoms with E-state index in [2.05, 4.69) is 0 Å². The van der Waals surface area contributed by atoms with Gasteiger partial charge in [0, 0.05) is 0 Å². The largest absolute Gasteiger partial charge is 0.481 e. The van der Waals surface area contributed by atoms with Crippen molar-refractivity contribution in [2.75, 3.05) is 0 Å². The lowest BCUT2D eigenvalue weighted by Crippen LogP contribution is -2.14. The number of alkyl halides is 3. The Morgan fingerprint density at radius 3 is 2.06 bits per heavy atom. The maximum Gasteiger partial charge on any atom is 0.416 e. The van der Waals surface area contributed by atoms with Crippen molar-refractivity contribution < 1.29 is 23.1 Å². The van der Waals surface area contributed by atoms with E-state index in [9.17, 15) is 18.0 Å². The molecule has 1 atom stereocenters. The van der Waals surface area contributed by atoms with Crippen molar-refractivity contribution in [1.82, 2.24) is 0 Å². The van der Waals surface area contributed by atoms with E-state index in [4.69, 9.17) is 5.11 Å². The number of hydrogen-bond donors (Lipinski definition) is 1. The number of carboxylic acids is 1. The van der Waals surface area contributed by atoms with Crippen LogP contribution in [0.2, 0.25) is 0 Å². The molecule has 1 rings (SSSR count). The van der Waals surface area contributed by atoms with Crippen molar-refractivity contribution in [3.05, 3.63) is 35.4 Å². The summed E-state index contributed by atoms with van der Waals surface area (Å²) in [6.07, 6.45) is -3.99. The molecule has 18 heavy (non-hydrogen) atoms. The predicted molar refractivity (Wildman–Crippen MR) is 61.3 cm³/mol. The van der Waals surface area contributed by atoms with Gasteiger partial charge in [0.25, 0.3) is 0 Å². The molecule has 1 unspecified atom stereocenters. The first-order valence-electron chi connectivity index (χ1n) is 5.61. The number of halogens is 3. The van der Waals surface area contributed by atoms with Gasteiger partial charge in [0.05, 0.1) is 11.5 Å². The fraction of sp³-hybridized carbons (Fsp3) is 0.462. The molecule has 2 nitrogen and oxygen atoms in total. The number of benzene rings is 1. The quantitative estimate of drug-likeness (QED) is 0.890. The maximum atomic E-state index is 12.4. The van der Waals surface area contributed by atoms with Gasteiger partial charge in [-0.25, -0.2) is 0 Å². The zero-order valence-electron chi connectivity index (χ0n) is 10.2. The molecule has 0 aliphatic heterocycles. The molecule has 0 saturated heterocycles. The smallest absolute Gasteiger partial charge is 0.416 e. The molecule has 100 valence electrons. The topological polar surface area (TPSA) is 37.3 Å². The Labute approximate surface area is 103 Å². The van der Waals surface area contributed by atoms with Crippen LogP contribution in [0.15, 0.2) is 24.3 Å². The second-order valence-corrected chi connectivity index (χ2v) is 4.64. The second-order valence-electron chi connectivity index (χ2n) is 4.64. The first-order valence-corrected chi connectivity index (χ1v) is 5.61. The molecule has 0 spiro atoms. The van der Waals surface area contributed by atoms with Crippen LogP contribution in [-0.2, 0) is 11.0 Å². The number of rotatable bonds is 4. The van der Waals surface area contributed by atoms with Gasteiger partial charge in [-0.15, -0.1) is 0 Å². The van der Waals surface area contributed by atoms with Crippen LogP contribution >= 0.6 is 0 Å². The highest BCUT2D eigenvalue weighted by atomic mass is 19.4. The molecule has 0 heterocycles. The zero-order valence-corrected chi connectivity index (χ0v) is 10.2. The first kappa shape index (κ1) is 14.5. The number of carboxylic acid groups (broad SMARTS) is 1. The molecule has 0 saturated carbocycles. The minimum absolute atomic E-state index is 0.161. The van der Waals surface area contributed by atoms with E-state index in [1.54, 1.807) is 0 Å². The van der Waals surface area contributed by atoms with Gasteiger partial charge in [0.2, 0.25) is 0 Å². The molecule has 0 bridgehead atoms. The van der Waals surface area contributed by atoms with Gasteiger partial charge in [-0.2, -0.15) is 13.2 Å². The van der Waals surface area contributed by atoms with Crippen molar-refractivity contribution in [1.29, 1.82) is 0 Å². The average Bonchev–Trinajstić information content (AvgIpc) is 2.24. The molecular formula is C13H15F3O2. The molecule has 1 aromatic carbocycles. The molecule has 0 aliphatic carbocycles. The standard InChI is InChI=1S/C13H15F3O2/c1-8(2)7-11(12(17)18)9-3-5-10(6-4-9)13(14,15)16/h3-6,8,11H,7H2,1-2H3,(H,17,18). The Kier molecular flexibility index (Phi) is 4.38. The van der Waals surface area contributed by atoms with E-state index >= 15 is 0 Å². The summed E-state index contributed by atoms with van der Waals surface area (Å²) in [4.78, 5) is 11.1. The Bertz CT molecular complexity index is 407. The van der Waals surface area contributed by atoms with Crippen molar-refractivity contribution >= 4 is 5.97 Å². The number of hydrogen-bond acceptors (Lipinski definition) is 1. The molecule has 0 amide bonds. The third-order valence-corrected chi connectivity index (χ3v) is 2.65. The Morgan fingerprint density at radius 1 is 1.22 bits per heavy atom. The van der Waals surface area contributed by atoms with Crippen molar-refractivity contribution in [3.63, 3.8) is 0 Å². The Balaban J connectivity index is 2.98. The molecule has 1 N–H and O–H groups in total. The number of carbonyl (C=O) groups is 1. The molecule has 0 aliphatic rings. The lowest BCUT2D eigenvalue weighted by atomic mass is 9.90. The van der Waals surface area contributed by atoms with Crippen molar-refractivity contribution in [2.24, 2.45) is 5.92 Å². The van der Waals surface area contributed by atoms with Crippen LogP contribution in [0.25, 0.3) is 0 Å². The minimum atomic E-state index is -4.39. The molecule has 1 aromatic rings. The zero-order chi connectivity index (χ0) is 13.9. The van der Waals surface area contributed by atoms with E-state index < -0.39 is 23.6 Å². The van der Waals surface area contributed by atoms with Crippen LogP contribution < -0.4 is 0 Å². The number of aliphatic carboxylic acids is 1. The summed E-state index contributed by atoms with van der Waals surface area (Å²) in [5.74, 6) is -1.61. The summed E-state index contributed by atoms with van der Waals surface area (Å²) in [5, 5.41) is 9.08. The van der Waals surface area contributed by atoms with Gasteiger partial charge in [-0.3, -0.25) is 4.79 Å². The van der Waals surface area contributed by atoms with Gasteiger partial charge >= 0.3 is 12.1 Å². The highest BCUT2D eigenvalue weighted by Gasteiger charge is 2.30. The summed E-state index contributed by atoms with van der Waals surface area (Å²) in [7, 11) is 0. The van der Waals surface area contributed by atoms with Crippen molar-refractivity contribution in [2.45, 2.75) is 32.4 Å². The van der Waals surface area contributed by atoms with Crippen LogP contribution in [0.5, 0.6) is 0 Å². The van der Waals surface area contributed by atoms with Crippen LogP contribution in [0, 0.1) is 5.92 Å². The fourth-order valence-corrected chi connectivity index (χ4v) is 1.76. The Morgan fingerprint density at radius 2 is 1.72 bits per heavy atom. The van der Waals surface area contributed by atoms with E-state index in [1.807, 2.05) is 13.8 Å². The van der Waals surface area contributed by atoms with Gasteiger partial charge in [-0.1, -0.05) is 26.0 Å². The van der Waals surface area contributed by atoms with Gasteiger partial charge in [-0.05, 0) is 30.0 Å². The van der Waals surface area contributed by atoms with Gasteiger partial charge in [0.1, 0.15) is 0 Å². The van der Waals surface area contributed by atoms with E-state index in [1.165, 1.54) is 12.1 Å². The van der Waals surface area contributed by atoms with Crippen LogP contribution in [0.1, 0.15) is 37.3 Å². The first-order chi connectivity index (χ1) is 8.21. The second kappa shape index (κ2) is 5.42. The fourth-order valence-electron chi connectivity index (χ4n) is 1.76. The average molecular weight is 260 g/mol. The highest BCUT2D eigenvalue weighted by Crippen LogP contribution is 2.31. The van der Waals surface area contributed by atoms with E-state index in [0.717, 1.165) is 12.1 Å². The highest BCUT2D eigenvalue weighted by molar-refractivity contribution is 5.76. The summed E-state index contributed by atoms with van der Waals surface area (Å²) in [5.41, 5.74) is -0.357. The third kappa shape index (κ3) is 3.75. The van der Waals surface area contributed by atoms with E-state index in [0.29, 0.717) is 12.0 Å². The van der Waals surface area contributed by atoms with E-state index in [-0.39, 0.29) is 5.92 Å². The SMILES string of the molecule is CC(C)CC(C(=O)O)c1ccc(C(F)(F)F)cc1. The Hall–Kier alpha value is -1.52. The van der Waals surface area contributed by atoms with Crippen LogP contribution in [0.3, 0.4) is 0 Å². The maximum absolute atomic E-state index is 12.4. The predicted octanol–water partition coefficient (Wildman–Crippen LogP) is 3.92. The molecule has 0 fully saturated rings. The summed E-state index contributed by atoms with van der Waals surface area (Å²) < 4.78 is 37.1. The van der Waals surface area contributed by atoms with Crippen LogP contribution in [0.4, 0.5) is 13.2 Å². The van der Waals surface area contributed by atoms with Crippen molar-refractivity contribution in [3.8, 4) is 0 Å². The van der Waals surface area contributed by atoms with Gasteiger partial charge in [0.15, 0.2) is 0 Å². The molecule has 5 heteroatoms. The molecule has 0 radical (unpaired) electrons. The monoisotopic (exact) mass is 260 g/mol. The normalized spacial score (nSPS) is 13.7. The van der Waals surface area contributed by atoms with Gasteiger partial charge < -0.3 is 5.11 Å². The minimum Gasteiger partial charge on any atom is -0.481 e. The lowest BCUT2D eigenvalue weighted by Gasteiger charge is -2.16. The van der Waals surface area contributed by atoms with Crippen LogP contribution in [-0.4, -0.2) is 11.1 Å². The molecule has 0 aromatic heterocycles. The summed E-state index contributed by atoms with van der Waals surface area (Å²) in [6, 6.07) is 4.32. The summed E-state index contributed by atoms with van der Waals surface area (Å²) >= 11 is 0.